The first-order valence-electron chi connectivity index (χ1n) is 6.43. The lowest BCUT2D eigenvalue weighted by molar-refractivity contribution is 0.451. The first-order valence-corrected chi connectivity index (χ1v) is 8.66. The molecule has 0 amide bonds. The summed E-state index contributed by atoms with van der Waals surface area (Å²) < 4.78 is 29.2. The van der Waals surface area contributed by atoms with Gasteiger partial charge in [-0.3, -0.25) is 4.68 Å². The SMILES string of the molecule is Cc1ccc(S(=O)(=O)N(C)Cc2c(Br)cnn2C)c(C)c1. The van der Waals surface area contributed by atoms with Gasteiger partial charge in [0.05, 0.1) is 27.8 Å². The Kier molecular flexibility index (Phi) is 4.55. The molecule has 2 aromatic rings. The second kappa shape index (κ2) is 5.90. The van der Waals surface area contributed by atoms with E-state index in [-0.39, 0.29) is 6.54 Å². The van der Waals surface area contributed by atoms with E-state index in [1.807, 2.05) is 26.0 Å². The van der Waals surface area contributed by atoms with Crippen molar-refractivity contribution >= 4 is 26.0 Å². The van der Waals surface area contributed by atoms with Crippen LogP contribution < -0.4 is 0 Å². The number of aromatic nitrogens is 2. The topological polar surface area (TPSA) is 55.2 Å². The van der Waals surface area contributed by atoms with Gasteiger partial charge in [-0.25, -0.2) is 8.42 Å². The Bertz CT molecular complexity index is 749. The maximum Gasteiger partial charge on any atom is 0.243 e. The predicted molar refractivity (Wildman–Crippen MR) is 85.5 cm³/mol. The van der Waals surface area contributed by atoms with Crippen LogP contribution in [-0.4, -0.2) is 29.6 Å². The van der Waals surface area contributed by atoms with Crippen molar-refractivity contribution in [1.29, 1.82) is 0 Å². The van der Waals surface area contributed by atoms with Gasteiger partial charge >= 0.3 is 0 Å². The van der Waals surface area contributed by atoms with Gasteiger partial charge in [0, 0.05) is 14.1 Å². The zero-order chi connectivity index (χ0) is 15.8. The van der Waals surface area contributed by atoms with Crippen LogP contribution in [0.2, 0.25) is 0 Å². The number of hydrogen-bond donors (Lipinski definition) is 0. The van der Waals surface area contributed by atoms with E-state index in [2.05, 4.69) is 21.0 Å². The van der Waals surface area contributed by atoms with Gasteiger partial charge in [-0.2, -0.15) is 9.40 Å². The molecule has 0 aliphatic carbocycles. The Balaban J connectivity index is 2.35. The standard InChI is InChI=1S/C14H18BrN3O2S/c1-10-5-6-14(11(2)7-10)21(19,20)17(3)9-13-12(15)8-16-18(13)4/h5-8H,9H2,1-4H3. The largest absolute Gasteiger partial charge is 0.270 e. The number of sulfonamides is 1. The van der Waals surface area contributed by atoms with E-state index in [0.717, 1.165) is 21.3 Å². The molecule has 0 unspecified atom stereocenters. The first kappa shape index (κ1) is 16.2. The predicted octanol–water partition coefficient (Wildman–Crippen LogP) is 2.62. The van der Waals surface area contributed by atoms with Crippen molar-refractivity contribution in [2.24, 2.45) is 7.05 Å². The summed E-state index contributed by atoms with van der Waals surface area (Å²) in [5, 5.41) is 4.10. The minimum Gasteiger partial charge on any atom is -0.270 e. The molecule has 7 heteroatoms. The average molecular weight is 372 g/mol. The molecule has 5 nitrogen and oxygen atoms in total. The van der Waals surface area contributed by atoms with Gasteiger partial charge in [0.2, 0.25) is 10.0 Å². The zero-order valence-electron chi connectivity index (χ0n) is 12.5. The van der Waals surface area contributed by atoms with Crippen LogP contribution in [0.5, 0.6) is 0 Å². The highest BCUT2D eigenvalue weighted by Gasteiger charge is 2.24. The van der Waals surface area contributed by atoms with E-state index in [9.17, 15) is 8.42 Å². The highest BCUT2D eigenvalue weighted by molar-refractivity contribution is 9.10. The van der Waals surface area contributed by atoms with Crippen LogP contribution in [0.25, 0.3) is 0 Å². The molecule has 0 aliphatic heterocycles. The van der Waals surface area contributed by atoms with Crippen LogP contribution >= 0.6 is 15.9 Å². The molecule has 0 aliphatic rings. The zero-order valence-corrected chi connectivity index (χ0v) is 14.9. The Morgan fingerprint density at radius 1 is 1.33 bits per heavy atom. The van der Waals surface area contributed by atoms with E-state index in [1.54, 1.807) is 31.0 Å². The minimum absolute atomic E-state index is 0.257. The smallest absolute Gasteiger partial charge is 0.243 e. The molecule has 0 fully saturated rings. The van der Waals surface area contributed by atoms with Crippen molar-refractivity contribution in [3.05, 3.63) is 45.7 Å². The fraction of sp³-hybridized carbons (Fsp3) is 0.357. The van der Waals surface area contributed by atoms with Crippen LogP contribution in [-0.2, 0) is 23.6 Å². The summed E-state index contributed by atoms with van der Waals surface area (Å²) in [6.45, 7) is 4.01. The summed E-state index contributed by atoms with van der Waals surface area (Å²) >= 11 is 3.39. The number of halogens is 1. The van der Waals surface area contributed by atoms with Gasteiger partial charge in [0.15, 0.2) is 0 Å². The van der Waals surface area contributed by atoms with Crippen LogP contribution in [0.15, 0.2) is 33.8 Å². The van der Waals surface area contributed by atoms with Crippen LogP contribution in [0.3, 0.4) is 0 Å². The molecule has 0 radical (unpaired) electrons. The normalized spacial score (nSPS) is 12.1. The molecular formula is C14H18BrN3O2S. The fourth-order valence-electron chi connectivity index (χ4n) is 2.17. The van der Waals surface area contributed by atoms with Crippen molar-refractivity contribution in [1.82, 2.24) is 14.1 Å². The molecule has 0 saturated carbocycles. The van der Waals surface area contributed by atoms with Crippen molar-refractivity contribution in [3.63, 3.8) is 0 Å². The molecule has 0 bridgehead atoms. The lowest BCUT2D eigenvalue weighted by Gasteiger charge is -2.19. The van der Waals surface area contributed by atoms with E-state index >= 15 is 0 Å². The molecule has 1 heterocycles. The van der Waals surface area contributed by atoms with Gasteiger partial charge in [-0.05, 0) is 41.4 Å². The molecule has 0 atom stereocenters. The summed E-state index contributed by atoms with van der Waals surface area (Å²) in [6, 6.07) is 5.35. The third-order valence-electron chi connectivity index (χ3n) is 3.40. The van der Waals surface area contributed by atoms with E-state index in [1.165, 1.54) is 4.31 Å². The lowest BCUT2D eigenvalue weighted by Crippen LogP contribution is -2.28. The molecule has 0 spiro atoms. The third kappa shape index (κ3) is 3.20. The Morgan fingerprint density at radius 2 is 2.00 bits per heavy atom. The summed E-state index contributed by atoms with van der Waals surface area (Å²) in [7, 11) is -0.158. The Hall–Kier alpha value is -1.18. The maximum absolute atomic E-state index is 12.7. The Morgan fingerprint density at radius 3 is 2.52 bits per heavy atom. The summed E-state index contributed by atoms with van der Waals surface area (Å²) in [4.78, 5) is 0.342. The average Bonchev–Trinajstić information content (AvgIpc) is 2.70. The van der Waals surface area contributed by atoms with Crippen LogP contribution in [0.4, 0.5) is 0 Å². The number of nitrogens with zero attached hydrogens (tertiary/aromatic N) is 3. The fourth-order valence-corrected chi connectivity index (χ4v) is 3.97. The molecule has 2 rings (SSSR count). The van der Waals surface area contributed by atoms with Gasteiger partial charge in [0.25, 0.3) is 0 Å². The van der Waals surface area contributed by atoms with Crippen molar-refractivity contribution < 1.29 is 8.42 Å². The van der Waals surface area contributed by atoms with Gasteiger partial charge in [-0.1, -0.05) is 17.7 Å². The van der Waals surface area contributed by atoms with Gasteiger partial charge in [-0.15, -0.1) is 0 Å². The number of benzene rings is 1. The lowest BCUT2D eigenvalue weighted by atomic mass is 10.2. The molecule has 0 N–H and O–H groups in total. The monoisotopic (exact) mass is 371 g/mol. The summed E-state index contributed by atoms with van der Waals surface area (Å²) in [5.74, 6) is 0. The van der Waals surface area contributed by atoms with E-state index in [4.69, 9.17) is 0 Å². The number of hydrogen-bond acceptors (Lipinski definition) is 3. The quantitative estimate of drug-likeness (QED) is 0.829. The molecule has 1 aromatic heterocycles. The van der Waals surface area contributed by atoms with Crippen molar-refractivity contribution in [2.45, 2.75) is 25.3 Å². The summed E-state index contributed by atoms with van der Waals surface area (Å²) in [6.07, 6.45) is 1.66. The molecule has 1 aromatic carbocycles. The first-order chi connectivity index (χ1) is 9.73. The molecule has 114 valence electrons. The molecular weight excluding hydrogens is 354 g/mol. The third-order valence-corrected chi connectivity index (χ3v) is 6.03. The second-order valence-electron chi connectivity index (χ2n) is 5.09. The maximum atomic E-state index is 12.7. The minimum atomic E-state index is -3.52. The highest BCUT2D eigenvalue weighted by atomic mass is 79.9. The number of aryl methyl sites for hydroxylation is 3. The van der Waals surface area contributed by atoms with Crippen LogP contribution in [0, 0.1) is 13.8 Å². The van der Waals surface area contributed by atoms with E-state index in [0.29, 0.717) is 4.90 Å². The molecule has 0 saturated heterocycles. The van der Waals surface area contributed by atoms with Crippen molar-refractivity contribution in [2.75, 3.05) is 7.05 Å². The van der Waals surface area contributed by atoms with Gasteiger partial charge < -0.3 is 0 Å². The molecule has 21 heavy (non-hydrogen) atoms. The van der Waals surface area contributed by atoms with Gasteiger partial charge in [0.1, 0.15) is 0 Å². The highest BCUT2D eigenvalue weighted by Crippen LogP contribution is 2.23. The van der Waals surface area contributed by atoms with E-state index < -0.39 is 10.0 Å². The van der Waals surface area contributed by atoms with Crippen molar-refractivity contribution in [3.8, 4) is 0 Å². The van der Waals surface area contributed by atoms with Crippen LogP contribution in [0.1, 0.15) is 16.8 Å². The second-order valence-corrected chi connectivity index (χ2v) is 7.96. The number of rotatable bonds is 4. The summed E-state index contributed by atoms with van der Waals surface area (Å²) in [5.41, 5.74) is 2.61. The Labute approximate surface area is 133 Å².